The van der Waals surface area contributed by atoms with E-state index in [1.807, 2.05) is 42.6 Å². The monoisotopic (exact) mass is 619 g/mol. The maximum atomic E-state index is 5.15. The molecule has 5 aromatic carbocycles. The first-order valence-corrected chi connectivity index (χ1v) is 16.2. The first-order valence-electron chi connectivity index (χ1n) is 15.4. The van der Waals surface area contributed by atoms with Crippen molar-refractivity contribution in [1.82, 2.24) is 24.9 Å². The molecule has 6 heteroatoms. The number of para-hydroxylation sites is 1. The van der Waals surface area contributed by atoms with Gasteiger partial charge in [0.1, 0.15) is 0 Å². The Balaban J connectivity index is 1.16. The van der Waals surface area contributed by atoms with Gasteiger partial charge < -0.3 is 0 Å². The Bertz CT molecular complexity index is 2560. The van der Waals surface area contributed by atoms with Crippen LogP contribution in [-0.4, -0.2) is 24.9 Å². The van der Waals surface area contributed by atoms with Crippen LogP contribution in [0.15, 0.2) is 152 Å². The van der Waals surface area contributed by atoms with E-state index in [-0.39, 0.29) is 0 Å². The lowest BCUT2D eigenvalue weighted by atomic mass is 10.0. The van der Waals surface area contributed by atoms with Crippen LogP contribution in [0.5, 0.6) is 0 Å². The van der Waals surface area contributed by atoms with E-state index >= 15 is 0 Å². The molecule has 0 aliphatic rings. The highest BCUT2D eigenvalue weighted by Crippen LogP contribution is 2.39. The van der Waals surface area contributed by atoms with Gasteiger partial charge >= 0.3 is 0 Å². The molecule has 0 unspecified atom stereocenters. The number of aromatic nitrogens is 5. The smallest absolute Gasteiger partial charge is 0.160 e. The highest BCUT2D eigenvalue weighted by molar-refractivity contribution is 7.26. The Labute approximate surface area is 275 Å². The summed E-state index contributed by atoms with van der Waals surface area (Å²) in [6.45, 7) is 0. The summed E-state index contributed by atoms with van der Waals surface area (Å²) in [6, 6.07) is 47.7. The second-order valence-corrected chi connectivity index (χ2v) is 12.4. The molecule has 9 rings (SSSR count). The molecule has 4 heterocycles. The lowest BCUT2D eigenvalue weighted by molar-refractivity contribution is 1.22. The molecular formula is C41H25N5S. The van der Waals surface area contributed by atoms with Crippen LogP contribution in [0.3, 0.4) is 0 Å². The maximum Gasteiger partial charge on any atom is 0.160 e. The van der Waals surface area contributed by atoms with Crippen LogP contribution < -0.4 is 0 Å². The minimum absolute atomic E-state index is 0.680. The molecule has 0 atom stereocenters. The standard InChI is InChI=1S/C41H25N5S/c1-2-10-26(11-3-1)37-39-38(33-16-5-7-18-35(33)47-39)46-40(45-37)28-21-19-27(20-22-28)36-32-15-4-6-17-34(32)43-41(44-36)30-13-8-12-29(24-30)31-14-9-23-42-25-31/h1-25H. The number of thiophene rings is 1. The van der Waals surface area contributed by atoms with Crippen molar-refractivity contribution in [2.75, 3.05) is 0 Å². The number of hydrogen-bond acceptors (Lipinski definition) is 6. The third-order valence-electron chi connectivity index (χ3n) is 8.40. The number of fused-ring (bicyclic) bond motifs is 4. The first-order chi connectivity index (χ1) is 23.3. The largest absolute Gasteiger partial charge is 0.264 e. The van der Waals surface area contributed by atoms with Gasteiger partial charge in [0, 0.05) is 55.7 Å². The van der Waals surface area contributed by atoms with Gasteiger partial charge in [-0.25, -0.2) is 19.9 Å². The summed E-state index contributed by atoms with van der Waals surface area (Å²) in [5, 5.41) is 2.15. The number of pyridine rings is 1. The Hall–Kier alpha value is -6.11. The third kappa shape index (κ3) is 4.92. The average molecular weight is 620 g/mol. The fourth-order valence-corrected chi connectivity index (χ4v) is 7.24. The van der Waals surface area contributed by atoms with Gasteiger partial charge in [-0.3, -0.25) is 4.98 Å². The topological polar surface area (TPSA) is 64.5 Å². The van der Waals surface area contributed by atoms with E-state index in [4.69, 9.17) is 19.9 Å². The van der Waals surface area contributed by atoms with Crippen molar-refractivity contribution < 1.29 is 0 Å². The Kier molecular flexibility index (Phi) is 6.58. The van der Waals surface area contributed by atoms with Gasteiger partial charge in [-0.1, -0.05) is 115 Å². The molecule has 0 saturated heterocycles. The zero-order valence-electron chi connectivity index (χ0n) is 25.1. The highest BCUT2D eigenvalue weighted by Gasteiger charge is 2.17. The lowest BCUT2D eigenvalue weighted by Gasteiger charge is -2.11. The molecule has 9 aromatic rings. The van der Waals surface area contributed by atoms with Crippen molar-refractivity contribution in [3.8, 4) is 56.4 Å². The molecular weight excluding hydrogens is 595 g/mol. The average Bonchev–Trinajstić information content (AvgIpc) is 3.53. The fourth-order valence-electron chi connectivity index (χ4n) is 6.09. The molecule has 220 valence electrons. The van der Waals surface area contributed by atoms with Crippen molar-refractivity contribution >= 4 is 42.5 Å². The molecule has 0 N–H and O–H groups in total. The Morgan fingerprint density at radius 1 is 0.426 bits per heavy atom. The predicted molar refractivity (Wildman–Crippen MR) is 193 cm³/mol. The predicted octanol–water partition coefficient (Wildman–Crippen LogP) is 10.5. The van der Waals surface area contributed by atoms with E-state index in [1.165, 1.54) is 4.70 Å². The molecule has 4 aromatic heterocycles. The second kappa shape index (κ2) is 11.4. The lowest BCUT2D eigenvalue weighted by Crippen LogP contribution is -1.96. The van der Waals surface area contributed by atoms with Crippen molar-refractivity contribution in [3.63, 3.8) is 0 Å². The van der Waals surface area contributed by atoms with Crippen LogP contribution in [0.2, 0.25) is 0 Å². The number of hydrogen-bond donors (Lipinski definition) is 0. The summed E-state index contributed by atoms with van der Waals surface area (Å²) >= 11 is 1.74. The van der Waals surface area contributed by atoms with Crippen molar-refractivity contribution in [2.24, 2.45) is 0 Å². The summed E-state index contributed by atoms with van der Waals surface area (Å²) in [4.78, 5) is 24.7. The Morgan fingerprint density at radius 3 is 1.94 bits per heavy atom. The van der Waals surface area contributed by atoms with E-state index in [2.05, 4.69) is 108 Å². The number of rotatable bonds is 5. The molecule has 0 radical (unpaired) electrons. The Morgan fingerprint density at radius 2 is 1.09 bits per heavy atom. The van der Waals surface area contributed by atoms with E-state index < -0.39 is 0 Å². The van der Waals surface area contributed by atoms with E-state index in [0.717, 1.165) is 71.3 Å². The minimum Gasteiger partial charge on any atom is -0.264 e. The molecule has 47 heavy (non-hydrogen) atoms. The van der Waals surface area contributed by atoms with Crippen molar-refractivity contribution in [2.45, 2.75) is 0 Å². The number of benzene rings is 5. The quantitative estimate of drug-likeness (QED) is 0.192. The van der Waals surface area contributed by atoms with Gasteiger partial charge in [-0.15, -0.1) is 11.3 Å². The van der Waals surface area contributed by atoms with E-state index in [9.17, 15) is 0 Å². The summed E-state index contributed by atoms with van der Waals surface area (Å²) in [5.41, 5.74) is 9.83. The molecule has 0 amide bonds. The van der Waals surface area contributed by atoms with Crippen LogP contribution in [0.1, 0.15) is 0 Å². The normalized spacial score (nSPS) is 11.4. The highest BCUT2D eigenvalue weighted by atomic mass is 32.1. The van der Waals surface area contributed by atoms with Crippen LogP contribution in [0.4, 0.5) is 0 Å². The number of nitrogens with zero attached hydrogens (tertiary/aromatic N) is 5. The van der Waals surface area contributed by atoms with E-state index in [1.54, 1.807) is 17.5 Å². The second-order valence-electron chi connectivity index (χ2n) is 11.4. The fraction of sp³-hybridized carbons (Fsp3) is 0. The summed E-state index contributed by atoms with van der Waals surface area (Å²) < 4.78 is 2.31. The third-order valence-corrected chi connectivity index (χ3v) is 9.57. The molecule has 5 nitrogen and oxygen atoms in total. The van der Waals surface area contributed by atoms with E-state index in [0.29, 0.717) is 11.6 Å². The molecule has 0 bridgehead atoms. The van der Waals surface area contributed by atoms with Gasteiger partial charge in [0.15, 0.2) is 11.6 Å². The zero-order valence-corrected chi connectivity index (χ0v) is 25.9. The molecule has 0 fully saturated rings. The summed E-state index contributed by atoms with van der Waals surface area (Å²) in [6.07, 6.45) is 3.66. The van der Waals surface area contributed by atoms with Gasteiger partial charge in [-0.05, 0) is 29.8 Å². The van der Waals surface area contributed by atoms with Crippen LogP contribution in [0, 0.1) is 0 Å². The van der Waals surface area contributed by atoms with Gasteiger partial charge in [0.05, 0.1) is 27.1 Å². The van der Waals surface area contributed by atoms with Crippen molar-refractivity contribution in [1.29, 1.82) is 0 Å². The van der Waals surface area contributed by atoms with Crippen LogP contribution in [0.25, 0.3) is 87.6 Å². The zero-order chi connectivity index (χ0) is 31.2. The maximum absolute atomic E-state index is 5.15. The van der Waals surface area contributed by atoms with Gasteiger partial charge in [0.25, 0.3) is 0 Å². The molecule has 0 saturated carbocycles. The van der Waals surface area contributed by atoms with Gasteiger partial charge in [-0.2, -0.15) is 0 Å². The molecule has 0 aliphatic carbocycles. The van der Waals surface area contributed by atoms with Crippen LogP contribution in [-0.2, 0) is 0 Å². The minimum atomic E-state index is 0.680. The van der Waals surface area contributed by atoms with Crippen molar-refractivity contribution in [3.05, 3.63) is 152 Å². The SMILES string of the molecule is c1ccc(-c2nc(-c3ccc(-c4nc(-c5cccc(-c6cccnc6)c5)nc5ccccc45)cc3)nc3c2sc2ccccc23)cc1. The van der Waals surface area contributed by atoms with Gasteiger partial charge in [0.2, 0.25) is 0 Å². The first kappa shape index (κ1) is 27.2. The molecule has 0 aliphatic heterocycles. The van der Waals surface area contributed by atoms with Crippen LogP contribution >= 0.6 is 11.3 Å². The summed E-state index contributed by atoms with van der Waals surface area (Å²) in [5.74, 6) is 1.38. The molecule has 0 spiro atoms. The summed E-state index contributed by atoms with van der Waals surface area (Å²) in [7, 11) is 0.